The average Bonchev–Trinajstić information content (AvgIpc) is 3.64. The first-order valence-electron chi connectivity index (χ1n) is 14.0. The minimum Gasteiger partial charge on any atom is -0.456 e. The summed E-state index contributed by atoms with van der Waals surface area (Å²) < 4.78 is 29.5. The van der Waals surface area contributed by atoms with Crippen LogP contribution in [0.3, 0.4) is 0 Å². The number of epoxide rings is 1. The lowest BCUT2D eigenvalue weighted by atomic mass is 9.90. The molecule has 38 heavy (non-hydrogen) atoms. The highest BCUT2D eigenvalue weighted by molar-refractivity contribution is 5.82. The van der Waals surface area contributed by atoms with Crippen LogP contribution in [0.1, 0.15) is 58.8 Å². The van der Waals surface area contributed by atoms with Crippen LogP contribution in [0.15, 0.2) is 60.3 Å². The summed E-state index contributed by atoms with van der Waals surface area (Å²) in [5, 5.41) is 11.0. The van der Waals surface area contributed by atoms with E-state index in [0.717, 1.165) is 31.3 Å². The third-order valence-corrected chi connectivity index (χ3v) is 7.72. The first-order chi connectivity index (χ1) is 18.3. The first-order valence-corrected chi connectivity index (χ1v) is 14.0. The SMILES string of the molecule is C=C1CC(OC)[C@@H]2O[C@H]2C[C@@H]([C@@H](O)/C=C/[C@@H]2CC(C)=CCO2)OC(=O)/C=C\C[C@@H]2C=CC[C@@H](C[C@@H](C)C1)O2. The average molecular weight is 529 g/mol. The molecular formula is C31H44O7. The molecule has 0 saturated carbocycles. The van der Waals surface area contributed by atoms with Gasteiger partial charge >= 0.3 is 5.97 Å². The Morgan fingerprint density at radius 1 is 1.16 bits per heavy atom. The molecule has 0 radical (unpaired) electrons. The van der Waals surface area contributed by atoms with E-state index < -0.39 is 18.2 Å². The second-order valence-electron chi connectivity index (χ2n) is 11.2. The van der Waals surface area contributed by atoms with Gasteiger partial charge in [0.2, 0.25) is 0 Å². The van der Waals surface area contributed by atoms with E-state index in [2.05, 4.69) is 38.7 Å². The number of carbonyl (C=O) groups is 1. The molecule has 4 aliphatic rings. The molecule has 1 saturated heterocycles. The van der Waals surface area contributed by atoms with E-state index in [9.17, 15) is 9.90 Å². The van der Waals surface area contributed by atoms with E-state index in [1.54, 1.807) is 19.3 Å². The molecule has 0 aromatic rings. The number of cyclic esters (lactones) is 1. The number of fused-ring (bicyclic) bond motifs is 3. The molecule has 0 amide bonds. The van der Waals surface area contributed by atoms with E-state index in [4.69, 9.17) is 23.7 Å². The Kier molecular flexibility index (Phi) is 10.6. The van der Waals surface area contributed by atoms with E-state index in [0.29, 0.717) is 31.8 Å². The van der Waals surface area contributed by atoms with Crippen LogP contribution < -0.4 is 0 Å². The molecule has 7 nitrogen and oxygen atoms in total. The quantitative estimate of drug-likeness (QED) is 0.320. The molecular weight excluding hydrogens is 484 g/mol. The summed E-state index contributed by atoms with van der Waals surface area (Å²) in [6.07, 6.45) is 16.1. The summed E-state index contributed by atoms with van der Waals surface area (Å²) in [7, 11) is 1.69. The normalized spacial score (nSPS) is 38.9. The first kappa shape index (κ1) is 29.0. The van der Waals surface area contributed by atoms with Gasteiger partial charge in [0.15, 0.2) is 0 Å². The smallest absolute Gasteiger partial charge is 0.330 e. The minimum absolute atomic E-state index is 0.0668. The Labute approximate surface area is 227 Å². The Bertz CT molecular complexity index is 935. The Balaban J connectivity index is 1.46. The van der Waals surface area contributed by atoms with Gasteiger partial charge in [0, 0.05) is 19.6 Å². The van der Waals surface area contributed by atoms with Crippen molar-refractivity contribution in [2.45, 2.75) is 108 Å². The van der Waals surface area contributed by atoms with Crippen LogP contribution in [0.5, 0.6) is 0 Å². The highest BCUT2D eigenvalue weighted by atomic mass is 16.6. The third-order valence-electron chi connectivity index (χ3n) is 7.72. The van der Waals surface area contributed by atoms with Crippen LogP contribution in [-0.4, -0.2) is 73.6 Å². The maximum absolute atomic E-state index is 12.7. The van der Waals surface area contributed by atoms with Gasteiger partial charge in [0.1, 0.15) is 18.3 Å². The molecule has 4 heterocycles. The van der Waals surface area contributed by atoms with Crippen molar-refractivity contribution in [2.75, 3.05) is 13.7 Å². The summed E-state index contributed by atoms with van der Waals surface area (Å²) in [5.41, 5.74) is 2.39. The molecule has 1 fully saturated rings. The molecule has 210 valence electrons. The number of ether oxygens (including phenoxy) is 5. The fraction of sp³-hybridized carbons (Fsp3) is 0.645. The molecule has 0 aliphatic carbocycles. The molecule has 7 heteroatoms. The number of methoxy groups -OCH3 is 1. The Hall–Kier alpha value is -2.03. The van der Waals surface area contributed by atoms with E-state index in [1.807, 2.05) is 6.08 Å². The van der Waals surface area contributed by atoms with Gasteiger partial charge in [-0.2, -0.15) is 0 Å². The molecule has 1 unspecified atom stereocenters. The predicted octanol–water partition coefficient (Wildman–Crippen LogP) is 4.76. The van der Waals surface area contributed by atoms with Gasteiger partial charge in [0.25, 0.3) is 0 Å². The second-order valence-corrected chi connectivity index (χ2v) is 11.2. The van der Waals surface area contributed by atoms with Crippen molar-refractivity contribution < 1.29 is 33.6 Å². The highest BCUT2D eigenvalue weighted by Crippen LogP contribution is 2.36. The summed E-state index contributed by atoms with van der Waals surface area (Å²) in [4.78, 5) is 12.7. The van der Waals surface area contributed by atoms with Crippen molar-refractivity contribution >= 4 is 5.97 Å². The number of esters is 1. The van der Waals surface area contributed by atoms with Gasteiger partial charge in [0.05, 0.1) is 37.1 Å². The van der Waals surface area contributed by atoms with Crippen molar-refractivity contribution in [2.24, 2.45) is 5.92 Å². The predicted molar refractivity (Wildman–Crippen MR) is 146 cm³/mol. The van der Waals surface area contributed by atoms with E-state index in [1.165, 1.54) is 11.6 Å². The van der Waals surface area contributed by atoms with Crippen LogP contribution in [-0.2, 0) is 28.5 Å². The van der Waals surface area contributed by atoms with Crippen LogP contribution in [0.25, 0.3) is 0 Å². The standard InChI is InChI=1S/C31H44O7/c1-20-13-14-35-24(16-20)11-12-26(32)27-19-29-31(38-29)28(34-4)18-22(3)15-21(2)17-25-9-5-7-23(36-25)8-6-10-30(33)37-27/h5-7,10-13,21,23-29,31-32H,3,8-9,14-19H2,1-2,4H3/b10-6-,12-11+/t21-,23-,24+,25-,26-,27-,28?,29-,31-/m0/s1. The number of hydrogen-bond donors (Lipinski definition) is 1. The number of aliphatic hydroxyl groups is 1. The van der Waals surface area contributed by atoms with Crippen LogP contribution in [0.4, 0.5) is 0 Å². The zero-order valence-corrected chi connectivity index (χ0v) is 23.0. The number of rotatable bonds is 4. The van der Waals surface area contributed by atoms with E-state index in [-0.39, 0.29) is 36.6 Å². The number of aliphatic hydroxyl groups excluding tert-OH is 1. The highest BCUT2D eigenvalue weighted by Gasteiger charge is 2.47. The largest absolute Gasteiger partial charge is 0.456 e. The Morgan fingerprint density at radius 2 is 2.00 bits per heavy atom. The topological polar surface area (TPSA) is 86.8 Å². The molecule has 0 aromatic heterocycles. The van der Waals surface area contributed by atoms with Crippen molar-refractivity contribution in [3.8, 4) is 0 Å². The lowest BCUT2D eigenvalue weighted by Gasteiger charge is -2.28. The second kappa shape index (κ2) is 13.9. The monoisotopic (exact) mass is 528 g/mol. The molecule has 0 spiro atoms. The van der Waals surface area contributed by atoms with Crippen molar-refractivity contribution in [3.63, 3.8) is 0 Å². The zero-order chi connectivity index (χ0) is 27.1. The van der Waals surface area contributed by atoms with Crippen LogP contribution >= 0.6 is 0 Å². The summed E-state index contributed by atoms with van der Waals surface area (Å²) >= 11 is 0. The molecule has 1 N–H and O–H groups in total. The van der Waals surface area contributed by atoms with Gasteiger partial charge in [-0.1, -0.05) is 61.1 Å². The van der Waals surface area contributed by atoms with Gasteiger partial charge in [-0.15, -0.1) is 0 Å². The molecule has 4 rings (SSSR count). The fourth-order valence-electron chi connectivity index (χ4n) is 5.65. The fourth-order valence-corrected chi connectivity index (χ4v) is 5.65. The third kappa shape index (κ3) is 8.75. The molecule has 9 atom stereocenters. The molecule has 2 bridgehead atoms. The molecule has 4 aliphatic heterocycles. The van der Waals surface area contributed by atoms with Gasteiger partial charge in [-0.25, -0.2) is 4.79 Å². The van der Waals surface area contributed by atoms with Crippen molar-refractivity contribution in [1.29, 1.82) is 0 Å². The lowest BCUT2D eigenvalue weighted by Crippen LogP contribution is -2.33. The molecule has 0 aromatic carbocycles. The van der Waals surface area contributed by atoms with Gasteiger partial charge in [-0.3, -0.25) is 0 Å². The summed E-state index contributed by atoms with van der Waals surface area (Å²) in [5.74, 6) is -0.0497. The lowest BCUT2D eigenvalue weighted by molar-refractivity contribution is -0.148. The van der Waals surface area contributed by atoms with Crippen molar-refractivity contribution in [1.82, 2.24) is 0 Å². The number of hydrogen-bond acceptors (Lipinski definition) is 7. The summed E-state index contributed by atoms with van der Waals surface area (Å²) in [6.45, 7) is 9.19. The number of carbonyl (C=O) groups excluding carboxylic acids is 1. The van der Waals surface area contributed by atoms with Crippen LogP contribution in [0, 0.1) is 5.92 Å². The zero-order valence-electron chi connectivity index (χ0n) is 23.0. The van der Waals surface area contributed by atoms with Crippen molar-refractivity contribution in [3.05, 3.63) is 60.3 Å². The van der Waals surface area contributed by atoms with Gasteiger partial charge < -0.3 is 28.8 Å². The van der Waals surface area contributed by atoms with E-state index >= 15 is 0 Å². The minimum atomic E-state index is -0.986. The Morgan fingerprint density at radius 3 is 2.79 bits per heavy atom. The van der Waals surface area contributed by atoms with Gasteiger partial charge in [-0.05, 0) is 51.4 Å². The maximum Gasteiger partial charge on any atom is 0.330 e. The maximum atomic E-state index is 12.7. The summed E-state index contributed by atoms with van der Waals surface area (Å²) in [6, 6.07) is 0. The van der Waals surface area contributed by atoms with Crippen LogP contribution in [0.2, 0.25) is 0 Å².